The van der Waals surface area contributed by atoms with E-state index in [-0.39, 0.29) is 17.4 Å². The second-order valence-corrected chi connectivity index (χ2v) is 4.77. The van der Waals surface area contributed by atoms with Crippen LogP contribution in [0.25, 0.3) is 0 Å². The Morgan fingerprint density at radius 3 is 2.53 bits per heavy atom. The number of aliphatic carboxylic acids is 1. The molecule has 0 aliphatic carbocycles. The van der Waals surface area contributed by atoms with Crippen molar-refractivity contribution in [3.63, 3.8) is 0 Å². The lowest BCUT2D eigenvalue weighted by molar-refractivity contribution is -0.138. The highest BCUT2D eigenvalue weighted by molar-refractivity contribution is 6.33. The number of carbonyl (C=O) groups excluding carboxylic acids is 1. The molecule has 0 radical (unpaired) electrons. The first kappa shape index (κ1) is 15.4. The summed E-state index contributed by atoms with van der Waals surface area (Å²) in [5.41, 5.74) is -0.455. The Balaban J connectivity index is 2.94. The maximum Gasteiger partial charge on any atom is 0.305 e. The number of pyridine rings is 1. The molecule has 0 unspecified atom stereocenters. The molecule has 2 N–H and O–H groups in total. The van der Waals surface area contributed by atoms with Gasteiger partial charge in [-0.25, -0.2) is 0 Å². The van der Waals surface area contributed by atoms with E-state index in [1.165, 1.54) is 18.5 Å². The van der Waals surface area contributed by atoms with Crippen molar-refractivity contribution < 1.29 is 14.7 Å². The highest BCUT2D eigenvalue weighted by Gasteiger charge is 2.31. The number of rotatable bonds is 6. The predicted molar refractivity (Wildman–Crippen MR) is 72.3 cm³/mol. The molecule has 0 bridgehead atoms. The molecule has 5 nitrogen and oxygen atoms in total. The zero-order chi connectivity index (χ0) is 14.5. The molecule has 1 rings (SSSR count). The van der Waals surface area contributed by atoms with Crippen molar-refractivity contribution in [2.24, 2.45) is 0 Å². The molecular weight excluding hydrogens is 268 g/mol. The topological polar surface area (TPSA) is 79.3 Å². The number of aromatic nitrogens is 1. The lowest BCUT2D eigenvalue weighted by Crippen LogP contribution is -2.49. The summed E-state index contributed by atoms with van der Waals surface area (Å²) in [6.07, 6.45) is 3.80. The minimum atomic E-state index is -0.940. The van der Waals surface area contributed by atoms with Crippen molar-refractivity contribution >= 4 is 23.5 Å². The normalized spacial score (nSPS) is 11.1. The second kappa shape index (κ2) is 6.52. The number of amides is 1. The molecule has 0 saturated heterocycles. The molecule has 0 aliphatic rings. The average Bonchev–Trinajstić information content (AvgIpc) is 2.37. The average molecular weight is 285 g/mol. The van der Waals surface area contributed by atoms with Gasteiger partial charge in [0.15, 0.2) is 0 Å². The summed E-state index contributed by atoms with van der Waals surface area (Å²) in [5.74, 6) is -1.32. The van der Waals surface area contributed by atoms with Crippen molar-refractivity contribution in [1.82, 2.24) is 10.3 Å². The van der Waals surface area contributed by atoms with E-state index >= 15 is 0 Å². The Bertz CT molecular complexity index is 473. The summed E-state index contributed by atoms with van der Waals surface area (Å²) < 4.78 is 0. The van der Waals surface area contributed by atoms with Gasteiger partial charge in [0, 0.05) is 12.4 Å². The van der Waals surface area contributed by atoms with E-state index < -0.39 is 11.5 Å². The SMILES string of the molecule is CCC(CC)(CC(=O)O)NC(=O)c1ccncc1Cl. The van der Waals surface area contributed by atoms with Crippen LogP contribution in [0.5, 0.6) is 0 Å². The zero-order valence-corrected chi connectivity index (χ0v) is 11.7. The molecule has 6 heteroatoms. The number of hydrogen-bond acceptors (Lipinski definition) is 3. The van der Waals surface area contributed by atoms with E-state index in [2.05, 4.69) is 10.3 Å². The van der Waals surface area contributed by atoms with Crippen molar-refractivity contribution in [1.29, 1.82) is 0 Å². The fraction of sp³-hybridized carbons (Fsp3) is 0.462. The highest BCUT2D eigenvalue weighted by Crippen LogP contribution is 2.22. The zero-order valence-electron chi connectivity index (χ0n) is 10.9. The monoisotopic (exact) mass is 284 g/mol. The fourth-order valence-electron chi connectivity index (χ4n) is 1.88. The summed E-state index contributed by atoms with van der Waals surface area (Å²) in [5, 5.41) is 12.0. The van der Waals surface area contributed by atoms with Crippen molar-refractivity contribution in [3.05, 3.63) is 29.0 Å². The fourth-order valence-corrected chi connectivity index (χ4v) is 2.08. The van der Waals surface area contributed by atoms with Crippen molar-refractivity contribution in [3.8, 4) is 0 Å². The minimum absolute atomic E-state index is 0.117. The van der Waals surface area contributed by atoms with Gasteiger partial charge in [0.1, 0.15) is 0 Å². The summed E-state index contributed by atoms with van der Waals surface area (Å²) >= 11 is 5.90. The Morgan fingerprint density at radius 2 is 2.05 bits per heavy atom. The molecule has 0 fully saturated rings. The number of nitrogens with zero attached hydrogens (tertiary/aromatic N) is 1. The van der Waals surface area contributed by atoms with Crippen LogP contribution in [0.3, 0.4) is 0 Å². The molecule has 0 atom stereocenters. The van der Waals surface area contributed by atoms with Gasteiger partial charge in [-0.3, -0.25) is 14.6 Å². The lowest BCUT2D eigenvalue weighted by Gasteiger charge is -2.31. The molecule has 19 heavy (non-hydrogen) atoms. The van der Waals surface area contributed by atoms with E-state index in [0.29, 0.717) is 18.4 Å². The van der Waals surface area contributed by atoms with E-state index in [0.717, 1.165) is 0 Å². The highest BCUT2D eigenvalue weighted by atomic mass is 35.5. The van der Waals surface area contributed by atoms with Crippen LogP contribution in [0.15, 0.2) is 18.5 Å². The Morgan fingerprint density at radius 1 is 1.42 bits per heavy atom. The maximum atomic E-state index is 12.2. The summed E-state index contributed by atoms with van der Waals surface area (Å²) in [6.45, 7) is 3.70. The first-order valence-electron chi connectivity index (χ1n) is 6.08. The van der Waals surface area contributed by atoms with Gasteiger partial charge in [-0.15, -0.1) is 0 Å². The van der Waals surface area contributed by atoms with Crippen molar-refractivity contribution in [2.75, 3.05) is 0 Å². The number of carboxylic acids is 1. The standard InChI is InChI=1S/C13H17ClN2O3/c1-3-13(4-2,7-11(17)18)16-12(19)9-5-6-15-8-10(9)14/h5-6,8H,3-4,7H2,1-2H3,(H,16,19)(H,17,18). The van der Waals surface area contributed by atoms with E-state index in [9.17, 15) is 9.59 Å². The number of halogens is 1. The Kier molecular flexibility index (Phi) is 5.30. The maximum absolute atomic E-state index is 12.2. The molecule has 104 valence electrons. The van der Waals surface area contributed by atoms with Crippen LogP contribution in [0, 0.1) is 0 Å². The third-order valence-corrected chi connectivity index (χ3v) is 3.54. The largest absolute Gasteiger partial charge is 0.481 e. The Labute approximate surface area is 117 Å². The van der Waals surface area contributed by atoms with Crippen LogP contribution < -0.4 is 5.32 Å². The van der Waals surface area contributed by atoms with Crippen LogP contribution in [0.1, 0.15) is 43.5 Å². The van der Waals surface area contributed by atoms with Gasteiger partial charge in [0.05, 0.1) is 22.5 Å². The predicted octanol–water partition coefficient (Wildman–Crippen LogP) is 2.50. The third-order valence-electron chi connectivity index (χ3n) is 3.24. The molecule has 1 amide bonds. The number of nitrogens with one attached hydrogen (secondary N) is 1. The molecule has 0 aliphatic heterocycles. The van der Waals surface area contributed by atoms with Gasteiger partial charge in [-0.05, 0) is 18.9 Å². The van der Waals surface area contributed by atoms with Gasteiger partial charge in [-0.1, -0.05) is 25.4 Å². The minimum Gasteiger partial charge on any atom is -0.481 e. The molecular formula is C13H17ClN2O3. The van der Waals surface area contributed by atoms with E-state index in [1.807, 2.05) is 13.8 Å². The van der Waals surface area contributed by atoms with E-state index in [4.69, 9.17) is 16.7 Å². The summed E-state index contributed by atoms with van der Waals surface area (Å²) in [7, 11) is 0. The number of carbonyl (C=O) groups is 2. The number of hydrogen-bond donors (Lipinski definition) is 2. The lowest BCUT2D eigenvalue weighted by atomic mass is 9.88. The molecule has 1 aromatic rings. The molecule has 0 saturated carbocycles. The van der Waals surface area contributed by atoms with Crippen LogP contribution in [0.2, 0.25) is 5.02 Å². The van der Waals surface area contributed by atoms with Gasteiger partial charge in [0.25, 0.3) is 5.91 Å². The van der Waals surface area contributed by atoms with Crippen LogP contribution in [-0.4, -0.2) is 27.5 Å². The smallest absolute Gasteiger partial charge is 0.305 e. The first-order chi connectivity index (χ1) is 8.94. The van der Waals surface area contributed by atoms with Crippen LogP contribution in [0.4, 0.5) is 0 Å². The van der Waals surface area contributed by atoms with Crippen LogP contribution in [-0.2, 0) is 4.79 Å². The van der Waals surface area contributed by atoms with Crippen molar-refractivity contribution in [2.45, 2.75) is 38.6 Å². The number of carboxylic acid groups (broad SMARTS) is 1. The first-order valence-corrected chi connectivity index (χ1v) is 6.45. The van der Waals surface area contributed by atoms with E-state index in [1.54, 1.807) is 0 Å². The van der Waals surface area contributed by atoms with Gasteiger partial charge in [-0.2, -0.15) is 0 Å². The second-order valence-electron chi connectivity index (χ2n) is 4.37. The molecule has 1 heterocycles. The third kappa shape index (κ3) is 3.92. The van der Waals surface area contributed by atoms with Gasteiger partial charge >= 0.3 is 5.97 Å². The molecule has 0 aromatic carbocycles. The quantitative estimate of drug-likeness (QED) is 0.841. The molecule has 0 spiro atoms. The van der Waals surface area contributed by atoms with Gasteiger partial charge < -0.3 is 10.4 Å². The summed E-state index contributed by atoms with van der Waals surface area (Å²) in [4.78, 5) is 26.9. The summed E-state index contributed by atoms with van der Waals surface area (Å²) in [6, 6.07) is 1.51. The Hall–Kier alpha value is -1.62. The molecule has 1 aromatic heterocycles. The van der Waals surface area contributed by atoms with Gasteiger partial charge in [0.2, 0.25) is 0 Å². The van der Waals surface area contributed by atoms with Crippen LogP contribution >= 0.6 is 11.6 Å².